The van der Waals surface area contributed by atoms with Crippen LogP contribution in [-0.4, -0.2) is 0 Å². The average Bonchev–Trinajstić information content (AvgIpc) is 3.49. The van der Waals surface area contributed by atoms with E-state index in [0.717, 1.165) is 6.42 Å². The van der Waals surface area contributed by atoms with Crippen LogP contribution in [0.15, 0.2) is 97.1 Å². The third-order valence-corrected chi connectivity index (χ3v) is 10.2. The normalized spacial score (nSPS) is 16.5. The first kappa shape index (κ1) is 21.7. The second-order valence-electron chi connectivity index (χ2n) is 13.0. The quantitative estimate of drug-likeness (QED) is 0.195. The van der Waals surface area contributed by atoms with E-state index in [-0.39, 0.29) is 10.8 Å². The molecule has 0 nitrogen and oxygen atoms in total. The number of rotatable bonds is 0. The van der Waals surface area contributed by atoms with Gasteiger partial charge in [0.15, 0.2) is 0 Å². The summed E-state index contributed by atoms with van der Waals surface area (Å²) in [6.45, 7) is 9.62. The molecule has 39 heavy (non-hydrogen) atoms. The van der Waals surface area contributed by atoms with E-state index in [4.69, 9.17) is 0 Å². The molecular weight excluding hydrogens is 468 g/mol. The van der Waals surface area contributed by atoms with Crippen molar-refractivity contribution >= 4 is 21.5 Å². The van der Waals surface area contributed by atoms with Crippen LogP contribution in [-0.2, 0) is 17.3 Å². The fraction of sp³-hybridized carbons (Fsp3) is 0.179. The van der Waals surface area contributed by atoms with E-state index in [2.05, 4.69) is 125 Å². The molecule has 6 aromatic rings. The second-order valence-corrected chi connectivity index (χ2v) is 13.0. The number of hydrogen-bond donors (Lipinski definition) is 0. The lowest BCUT2D eigenvalue weighted by Gasteiger charge is -2.23. The molecule has 6 aromatic carbocycles. The molecule has 0 bridgehead atoms. The summed E-state index contributed by atoms with van der Waals surface area (Å²) in [5.74, 6) is 0. The lowest BCUT2D eigenvalue weighted by Crippen LogP contribution is -2.15. The van der Waals surface area contributed by atoms with Crippen LogP contribution in [0, 0.1) is 0 Å². The van der Waals surface area contributed by atoms with Gasteiger partial charge in [0, 0.05) is 10.8 Å². The molecule has 3 aliphatic carbocycles. The summed E-state index contributed by atoms with van der Waals surface area (Å²) < 4.78 is 0. The molecule has 0 saturated carbocycles. The van der Waals surface area contributed by atoms with Gasteiger partial charge in [-0.2, -0.15) is 0 Å². The molecule has 3 aliphatic rings. The summed E-state index contributed by atoms with van der Waals surface area (Å²) in [4.78, 5) is 0. The molecule has 0 saturated heterocycles. The van der Waals surface area contributed by atoms with Crippen molar-refractivity contribution in [1.29, 1.82) is 0 Å². The number of hydrogen-bond acceptors (Lipinski definition) is 0. The summed E-state index contributed by atoms with van der Waals surface area (Å²) in [5, 5.41) is 5.41. The first-order chi connectivity index (χ1) is 18.8. The van der Waals surface area contributed by atoms with Gasteiger partial charge >= 0.3 is 0 Å². The molecule has 0 atom stereocenters. The molecule has 0 N–H and O–H groups in total. The van der Waals surface area contributed by atoms with Crippen molar-refractivity contribution in [3.05, 3.63) is 130 Å². The van der Waals surface area contributed by atoms with E-state index >= 15 is 0 Å². The Bertz CT molecular complexity index is 1930. The summed E-state index contributed by atoms with van der Waals surface area (Å²) in [6, 6.07) is 37.3. The van der Waals surface area contributed by atoms with Gasteiger partial charge in [0.2, 0.25) is 0 Å². The van der Waals surface area contributed by atoms with Crippen molar-refractivity contribution in [2.24, 2.45) is 0 Å². The third kappa shape index (κ3) is 2.56. The molecule has 0 aromatic heterocycles. The van der Waals surface area contributed by atoms with Crippen molar-refractivity contribution in [1.82, 2.24) is 0 Å². The lowest BCUT2D eigenvalue weighted by atomic mass is 9.80. The Labute approximate surface area is 230 Å². The van der Waals surface area contributed by atoms with Gasteiger partial charge in [-0.1, -0.05) is 100 Å². The Hall–Kier alpha value is -4.16. The topological polar surface area (TPSA) is 0 Å². The Morgan fingerprint density at radius 1 is 0.436 bits per heavy atom. The highest BCUT2D eigenvalue weighted by atomic mass is 14.4. The van der Waals surface area contributed by atoms with Crippen molar-refractivity contribution in [3.63, 3.8) is 0 Å². The van der Waals surface area contributed by atoms with Gasteiger partial charge in [-0.25, -0.2) is 0 Å². The van der Waals surface area contributed by atoms with Crippen LogP contribution in [0.4, 0.5) is 0 Å². The standard InChI is InChI=1S/C39H30/c1-38(2)32-15-13-22-9-5-7-11-26(22)36(32)30-18-24-17-25-19-31-35(21-29(25)28(24)20-34(30)38)39(3,4)33-16-14-23-10-6-8-12-27(23)37(31)33/h5-16,18-21H,17H2,1-4H3. The molecule has 0 spiro atoms. The van der Waals surface area contributed by atoms with Crippen LogP contribution in [0.3, 0.4) is 0 Å². The van der Waals surface area contributed by atoms with E-state index < -0.39 is 0 Å². The fourth-order valence-corrected chi connectivity index (χ4v) is 8.19. The maximum atomic E-state index is 2.54. The van der Waals surface area contributed by atoms with E-state index in [1.165, 1.54) is 88.3 Å². The Kier molecular flexibility index (Phi) is 3.83. The molecule has 0 heterocycles. The Morgan fingerprint density at radius 3 is 1.33 bits per heavy atom. The largest absolute Gasteiger partial charge is 0.0616 e. The third-order valence-electron chi connectivity index (χ3n) is 10.2. The molecule has 0 heteroatoms. The molecule has 0 unspecified atom stereocenters. The van der Waals surface area contributed by atoms with Crippen molar-refractivity contribution in [2.45, 2.75) is 44.9 Å². The van der Waals surface area contributed by atoms with E-state index in [1.807, 2.05) is 0 Å². The molecule has 0 fully saturated rings. The van der Waals surface area contributed by atoms with Crippen molar-refractivity contribution < 1.29 is 0 Å². The van der Waals surface area contributed by atoms with Crippen LogP contribution in [0.1, 0.15) is 61.1 Å². The van der Waals surface area contributed by atoms with Crippen LogP contribution in [0.2, 0.25) is 0 Å². The van der Waals surface area contributed by atoms with Crippen LogP contribution >= 0.6 is 0 Å². The summed E-state index contributed by atoms with van der Waals surface area (Å²) >= 11 is 0. The maximum Gasteiger partial charge on any atom is 0.0159 e. The van der Waals surface area contributed by atoms with Crippen LogP contribution in [0.25, 0.3) is 54.9 Å². The zero-order chi connectivity index (χ0) is 26.3. The predicted octanol–water partition coefficient (Wildman–Crippen LogP) is 10.2. The smallest absolute Gasteiger partial charge is 0.0159 e. The first-order valence-corrected chi connectivity index (χ1v) is 14.2. The zero-order valence-corrected chi connectivity index (χ0v) is 22.9. The van der Waals surface area contributed by atoms with Crippen LogP contribution < -0.4 is 0 Å². The molecule has 186 valence electrons. The van der Waals surface area contributed by atoms with Gasteiger partial charge in [-0.3, -0.25) is 0 Å². The summed E-state index contributed by atoms with van der Waals surface area (Å²) in [6.07, 6.45) is 1.01. The highest BCUT2D eigenvalue weighted by Gasteiger charge is 2.40. The van der Waals surface area contributed by atoms with Gasteiger partial charge in [-0.15, -0.1) is 0 Å². The van der Waals surface area contributed by atoms with Crippen molar-refractivity contribution in [2.75, 3.05) is 0 Å². The van der Waals surface area contributed by atoms with Gasteiger partial charge in [0.25, 0.3) is 0 Å². The molecule has 0 radical (unpaired) electrons. The number of benzene rings is 6. The van der Waals surface area contributed by atoms with Gasteiger partial charge in [-0.05, 0) is 119 Å². The molecular formula is C39H30. The monoisotopic (exact) mass is 498 g/mol. The lowest BCUT2D eigenvalue weighted by molar-refractivity contribution is 0.660. The van der Waals surface area contributed by atoms with Crippen molar-refractivity contribution in [3.8, 4) is 33.4 Å². The predicted molar refractivity (Wildman–Crippen MR) is 165 cm³/mol. The zero-order valence-electron chi connectivity index (χ0n) is 22.9. The second kappa shape index (κ2) is 6.88. The van der Waals surface area contributed by atoms with Crippen LogP contribution in [0.5, 0.6) is 0 Å². The van der Waals surface area contributed by atoms with Gasteiger partial charge < -0.3 is 0 Å². The first-order valence-electron chi connectivity index (χ1n) is 14.2. The van der Waals surface area contributed by atoms with E-state index in [9.17, 15) is 0 Å². The van der Waals surface area contributed by atoms with E-state index in [1.54, 1.807) is 0 Å². The minimum absolute atomic E-state index is 0.0162. The Balaban J connectivity index is 1.28. The minimum atomic E-state index is -0.0162. The Morgan fingerprint density at radius 2 is 0.872 bits per heavy atom. The summed E-state index contributed by atoms with van der Waals surface area (Å²) in [5.41, 5.74) is 17.4. The number of fused-ring (bicyclic) bond motifs is 13. The average molecular weight is 499 g/mol. The maximum absolute atomic E-state index is 2.54. The summed E-state index contributed by atoms with van der Waals surface area (Å²) in [7, 11) is 0. The highest BCUT2D eigenvalue weighted by molar-refractivity contribution is 6.05. The van der Waals surface area contributed by atoms with Gasteiger partial charge in [0.05, 0.1) is 0 Å². The van der Waals surface area contributed by atoms with Gasteiger partial charge in [0.1, 0.15) is 0 Å². The SMILES string of the molecule is CC1(C)c2cc3c(cc2-c2c1ccc1ccccc21)Cc1cc2c(cc1-3)C(C)(C)c1ccc3ccccc3c1-2. The molecule has 0 amide bonds. The van der Waals surface area contributed by atoms with E-state index in [0.29, 0.717) is 0 Å². The minimum Gasteiger partial charge on any atom is -0.0616 e. The molecule has 9 rings (SSSR count). The highest BCUT2D eigenvalue weighted by Crippen LogP contribution is 2.57. The fourth-order valence-electron chi connectivity index (χ4n) is 8.19. The molecule has 0 aliphatic heterocycles.